The molecule has 2 heterocycles. The molecule has 1 aromatic heterocycles. The van der Waals surface area contributed by atoms with Crippen LogP contribution in [0.25, 0.3) is 16.9 Å². The van der Waals surface area contributed by atoms with Gasteiger partial charge in [-0.25, -0.2) is 4.68 Å². The molecule has 4 rings (SSSR count). The molecule has 0 spiro atoms. The van der Waals surface area contributed by atoms with Crippen LogP contribution in [0.15, 0.2) is 42.5 Å². The van der Waals surface area contributed by atoms with Crippen LogP contribution in [0.3, 0.4) is 0 Å². The molecule has 5 nitrogen and oxygen atoms in total. The highest BCUT2D eigenvalue weighted by atomic mass is 35.5. The standard InChI is InChI=1S/C21H22ClN3O2/c1-26-17-10-14(11-18(13-17)27-2)20-19-8-3-4-9-23-21(19)25(24-20)16-7-5-6-15(22)12-16/h5-7,10-13,23H,3-4,8-9H2,1-2H3. The maximum absolute atomic E-state index is 6.22. The van der Waals surface area contributed by atoms with E-state index >= 15 is 0 Å². The molecule has 27 heavy (non-hydrogen) atoms. The molecule has 1 aliphatic rings. The molecule has 0 saturated carbocycles. The summed E-state index contributed by atoms with van der Waals surface area (Å²) >= 11 is 6.22. The average Bonchev–Trinajstić information content (AvgIpc) is 2.88. The minimum Gasteiger partial charge on any atom is -0.497 e. The predicted molar refractivity (Wildman–Crippen MR) is 109 cm³/mol. The van der Waals surface area contributed by atoms with Crippen molar-refractivity contribution >= 4 is 17.4 Å². The summed E-state index contributed by atoms with van der Waals surface area (Å²) in [5.74, 6) is 2.53. The first-order valence-electron chi connectivity index (χ1n) is 9.05. The topological polar surface area (TPSA) is 48.3 Å². The van der Waals surface area contributed by atoms with Gasteiger partial charge in [0.05, 0.1) is 25.6 Å². The number of benzene rings is 2. The normalized spacial score (nSPS) is 13.4. The van der Waals surface area contributed by atoms with Gasteiger partial charge < -0.3 is 14.8 Å². The summed E-state index contributed by atoms with van der Waals surface area (Å²) in [5, 5.41) is 9.19. The minimum atomic E-state index is 0.690. The summed E-state index contributed by atoms with van der Waals surface area (Å²) in [6.07, 6.45) is 3.22. The third-order valence-corrected chi connectivity index (χ3v) is 5.04. The number of hydrogen-bond donors (Lipinski definition) is 1. The summed E-state index contributed by atoms with van der Waals surface area (Å²) in [4.78, 5) is 0. The summed E-state index contributed by atoms with van der Waals surface area (Å²) in [5.41, 5.74) is 4.07. The Labute approximate surface area is 163 Å². The molecule has 0 amide bonds. The first-order valence-corrected chi connectivity index (χ1v) is 9.42. The van der Waals surface area contributed by atoms with Crippen LogP contribution in [-0.4, -0.2) is 30.5 Å². The number of fused-ring (bicyclic) bond motifs is 1. The number of aromatic nitrogens is 2. The monoisotopic (exact) mass is 383 g/mol. The lowest BCUT2D eigenvalue weighted by Crippen LogP contribution is -2.07. The maximum atomic E-state index is 6.22. The Morgan fingerprint density at radius 1 is 1.04 bits per heavy atom. The maximum Gasteiger partial charge on any atom is 0.133 e. The van der Waals surface area contributed by atoms with E-state index in [9.17, 15) is 0 Å². The van der Waals surface area contributed by atoms with Gasteiger partial charge in [0.25, 0.3) is 0 Å². The molecule has 0 aliphatic carbocycles. The van der Waals surface area contributed by atoms with Crippen LogP contribution >= 0.6 is 11.6 Å². The first kappa shape index (κ1) is 17.7. The van der Waals surface area contributed by atoms with Gasteiger partial charge >= 0.3 is 0 Å². The molecule has 3 aromatic rings. The van der Waals surface area contributed by atoms with Crippen molar-refractivity contribution < 1.29 is 9.47 Å². The van der Waals surface area contributed by atoms with Crippen LogP contribution in [0.1, 0.15) is 18.4 Å². The number of nitrogens with zero attached hydrogens (tertiary/aromatic N) is 2. The van der Waals surface area contributed by atoms with Crippen LogP contribution in [0.5, 0.6) is 11.5 Å². The second-order valence-corrected chi connectivity index (χ2v) is 6.99. The first-order chi connectivity index (χ1) is 13.2. The third kappa shape index (κ3) is 3.47. The van der Waals surface area contributed by atoms with Crippen LogP contribution in [-0.2, 0) is 6.42 Å². The Kier molecular flexibility index (Phi) is 4.94. The SMILES string of the molecule is COc1cc(OC)cc(-c2nn(-c3cccc(Cl)c3)c3c2CCCCN3)c1. The van der Waals surface area contributed by atoms with E-state index < -0.39 is 0 Å². The molecule has 1 N–H and O–H groups in total. The van der Waals surface area contributed by atoms with Crippen molar-refractivity contribution in [3.63, 3.8) is 0 Å². The van der Waals surface area contributed by atoms with Gasteiger partial charge in [-0.3, -0.25) is 0 Å². The summed E-state index contributed by atoms with van der Waals surface area (Å²) in [7, 11) is 3.32. The van der Waals surface area contributed by atoms with Crippen molar-refractivity contribution in [2.45, 2.75) is 19.3 Å². The van der Waals surface area contributed by atoms with Crippen LogP contribution < -0.4 is 14.8 Å². The van der Waals surface area contributed by atoms with Crippen molar-refractivity contribution in [3.05, 3.63) is 53.1 Å². The largest absolute Gasteiger partial charge is 0.497 e. The molecule has 0 atom stereocenters. The smallest absolute Gasteiger partial charge is 0.133 e. The second kappa shape index (κ2) is 7.53. The molecule has 140 valence electrons. The lowest BCUT2D eigenvalue weighted by atomic mass is 10.0. The van der Waals surface area contributed by atoms with Gasteiger partial charge in [-0.2, -0.15) is 5.10 Å². The number of hydrogen-bond acceptors (Lipinski definition) is 4. The summed E-state index contributed by atoms with van der Waals surface area (Å²) in [6.45, 7) is 0.931. The van der Waals surface area contributed by atoms with Crippen molar-refractivity contribution in [1.82, 2.24) is 9.78 Å². The van der Waals surface area contributed by atoms with E-state index in [0.717, 1.165) is 60.1 Å². The lowest BCUT2D eigenvalue weighted by molar-refractivity contribution is 0.394. The van der Waals surface area contributed by atoms with Crippen molar-refractivity contribution in [2.75, 3.05) is 26.1 Å². The number of methoxy groups -OCH3 is 2. The van der Waals surface area contributed by atoms with Gasteiger partial charge in [0.2, 0.25) is 0 Å². The Morgan fingerprint density at radius 2 is 1.81 bits per heavy atom. The molecular formula is C21H22ClN3O2. The van der Waals surface area contributed by atoms with E-state index in [-0.39, 0.29) is 0 Å². The van der Waals surface area contributed by atoms with Gasteiger partial charge in [0.15, 0.2) is 0 Å². The molecule has 1 aliphatic heterocycles. The summed E-state index contributed by atoms with van der Waals surface area (Å²) in [6, 6.07) is 13.6. The van der Waals surface area contributed by atoms with E-state index in [1.165, 1.54) is 5.56 Å². The Hall–Kier alpha value is -2.66. The van der Waals surface area contributed by atoms with Crippen LogP contribution in [0.2, 0.25) is 5.02 Å². The Bertz CT molecular complexity index is 946. The zero-order chi connectivity index (χ0) is 18.8. The fourth-order valence-corrected chi connectivity index (χ4v) is 3.66. The number of rotatable bonds is 4. The number of halogens is 1. The summed E-state index contributed by atoms with van der Waals surface area (Å²) < 4.78 is 12.8. The Balaban J connectivity index is 1.91. The van der Waals surface area contributed by atoms with E-state index in [4.69, 9.17) is 26.2 Å². The van der Waals surface area contributed by atoms with Crippen molar-refractivity contribution in [2.24, 2.45) is 0 Å². The quantitative estimate of drug-likeness (QED) is 0.691. The zero-order valence-electron chi connectivity index (χ0n) is 15.5. The highest BCUT2D eigenvalue weighted by Gasteiger charge is 2.22. The Morgan fingerprint density at radius 3 is 2.52 bits per heavy atom. The fraction of sp³-hybridized carbons (Fsp3) is 0.286. The third-order valence-electron chi connectivity index (χ3n) is 4.81. The molecule has 0 unspecified atom stereocenters. The molecule has 0 radical (unpaired) electrons. The van der Waals surface area contributed by atoms with Gasteiger partial charge in [-0.15, -0.1) is 0 Å². The fourth-order valence-electron chi connectivity index (χ4n) is 3.47. The molecule has 0 bridgehead atoms. The van der Waals surface area contributed by atoms with Crippen LogP contribution in [0.4, 0.5) is 5.82 Å². The highest BCUT2D eigenvalue weighted by molar-refractivity contribution is 6.30. The van der Waals surface area contributed by atoms with E-state index in [2.05, 4.69) is 5.32 Å². The lowest BCUT2D eigenvalue weighted by Gasteiger charge is -2.09. The van der Waals surface area contributed by atoms with Crippen molar-refractivity contribution in [1.29, 1.82) is 0 Å². The number of ether oxygens (including phenoxy) is 2. The van der Waals surface area contributed by atoms with Crippen molar-refractivity contribution in [3.8, 4) is 28.4 Å². The molecule has 6 heteroatoms. The van der Waals surface area contributed by atoms with Gasteiger partial charge in [-0.05, 0) is 49.6 Å². The predicted octanol–water partition coefficient (Wildman–Crippen LogP) is 4.96. The second-order valence-electron chi connectivity index (χ2n) is 6.55. The highest BCUT2D eigenvalue weighted by Crippen LogP contribution is 2.37. The number of anilines is 1. The minimum absolute atomic E-state index is 0.690. The van der Waals surface area contributed by atoms with E-state index in [1.807, 2.05) is 47.1 Å². The molecule has 0 fully saturated rings. The van der Waals surface area contributed by atoms with E-state index in [0.29, 0.717) is 5.02 Å². The van der Waals surface area contributed by atoms with Gasteiger partial charge in [0.1, 0.15) is 17.3 Å². The molecular weight excluding hydrogens is 362 g/mol. The molecule has 2 aromatic carbocycles. The molecule has 0 saturated heterocycles. The van der Waals surface area contributed by atoms with E-state index in [1.54, 1.807) is 14.2 Å². The zero-order valence-corrected chi connectivity index (χ0v) is 16.2. The average molecular weight is 384 g/mol. The van der Waals surface area contributed by atoms with Crippen LogP contribution in [0, 0.1) is 0 Å². The number of nitrogens with one attached hydrogen (secondary N) is 1. The van der Waals surface area contributed by atoms with Gasteiger partial charge in [0, 0.05) is 28.8 Å². The van der Waals surface area contributed by atoms with Gasteiger partial charge in [-0.1, -0.05) is 17.7 Å².